The highest BCUT2D eigenvalue weighted by Gasteiger charge is 2.47. The molecule has 2 saturated heterocycles. The van der Waals surface area contributed by atoms with Gasteiger partial charge in [0.25, 0.3) is 0 Å². The molecule has 7 N–H and O–H groups in total. The largest absolute Gasteiger partial charge is 0.462 e. The molecule has 0 aliphatic carbocycles. The van der Waals surface area contributed by atoms with Gasteiger partial charge < -0.3 is 64.2 Å². The highest BCUT2D eigenvalue weighted by Crippen LogP contribution is 2.27. The third kappa shape index (κ3) is 30.9. The summed E-state index contributed by atoms with van der Waals surface area (Å²) in [5, 5.41) is 72.2. The van der Waals surface area contributed by atoms with Gasteiger partial charge in [-0.2, -0.15) is 0 Å². The number of hydrogen-bond acceptors (Lipinski definition) is 15. The van der Waals surface area contributed by atoms with Crippen molar-refractivity contribution in [2.45, 2.75) is 287 Å². The van der Waals surface area contributed by atoms with E-state index in [0.29, 0.717) is 12.8 Å². The average Bonchev–Trinajstić information content (AvgIpc) is 3.37. The average molecular weight is 1030 g/mol. The van der Waals surface area contributed by atoms with Gasteiger partial charge in [-0.1, -0.05) is 172 Å². The van der Waals surface area contributed by atoms with Crippen LogP contribution < -0.4 is 0 Å². The summed E-state index contributed by atoms with van der Waals surface area (Å²) >= 11 is 0. The van der Waals surface area contributed by atoms with Crippen molar-refractivity contribution < 1.29 is 73.8 Å². The number of aliphatic hydroxyl groups is 7. The van der Waals surface area contributed by atoms with Gasteiger partial charge in [-0.3, -0.25) is 9.59 Å². The van der Waals surface area contributed by atoms with Crippen molar-refractivity contribution >= 4 is 11.9 Å². The van der Waals surface area contributed by atoms with E-state index in [1.807, 2.05) is 0 Å². The van der Waals surface area contributed by atoms with Crippen molar-refractivity contribution in [3.8, 4) is 0 Å². The number of carbonyl (C=O) groups is 2. The molecule has 0 radical (unpaired) electrons. The topological polar surface area (TPSA) is 231 Å². The van der Waals surface area contributed by atoms with Gasteiger partial charge in [0, 0.05) is 12.8 Å². The standard InChI is InChI=1S/C57H102O15/c1-3-5-7-9-11-13-15-17-19-20-21-22-23-24-26-27-29-31-33-35-37-39-48(59)67-42-45(70-49(60)40-38-36-34-32-30-28-25-18-16-14-12-10-8-6-4-2)43-68-56-55(66)53(64)51(62)47(72-56)44-69-57-54(65)52(63)50(61)46(41-58)71-57/h12,14,17-19,25,45-47,50-58,61-66H,3-11,13,15-16,20-24,26-44H2,1-2H3/b14-12+,19-17+,25-18+/t45-,46+,47+,50-,51-,52?,53?,54?,55?,56+,57+/m0/s1. The Kier molecular flexibility index (Phi) is 40.1. The van der Waals surface area contributed by atoms with E-state index in [-0.39, 0.29) is 26.1 Å². The zero-order valence-corrected chi connectivity index (χ0v) is 44.7. The van der Waals surface area contributed by atoms with E-state index < -0.39 is 92.7 Å². The molecule has 2 fully saturated rings. The van der Waals surface area contributed by atoms with Gasteiger partial charge in [0.05, 0.1) is 19.8 Å². The number of unbranched alkanes of at least 4 members (excludes halogenated alkanes) is 25. The third-order valence-corrected chi connectivity index (χ3v) is 13.6. The van der Waals surface area contributed by atoms with Crippen molar-refractivity contribution in [3.63, 3.8) is 0 Å². The van der Waals surface area contributed by atoms with Crippen LogP contribution in [0.25, 0.3) is 0 Å². The first-order valence-corrected chi connectivity index (χ1v) is 28.6. The summed E-state index contributed by atoms with van der Waals surface area (Å²) in [6.07, 6.45) is 31.6. The zero-order chi connectivity index (χ0) is 52.4. The lowest BCUT2D eigenvalue weighted by Crippen LogP contribution is -2.61. The molecule has 0 aromatic carbocycles. The Morgan fingerprint density at radius 3 is 1.33 bits per heavy atom. The van der Waals surface area contributed by atoms with Gasteiger partial charge in [0.2, 0.25) is 0 Å². The van der Waals surface area contributed by atoms with Crippen LogP contribution in [0.5, 0.6) is 0 Å². The first-order chi connectivity index (χ1) is 35.0. The quantitative estimate of drug-likeness (QED) is 0.0171. The minimum Gasteiger partial charge on any atom is -0.462 e. The van der Waals surface area contributed by atoms with Crippen LogP contribution in [0.3, 0.4) is 0 Å². The normalized spacial score (nSPS) is 25.2. The minimum atomic E-state index is -1.77. The van der Waals surface area contributed by atoms with Crippen LogP contribution in [0.4, 0.5) is 0 Å². The van der Waals surface area contributed by atoms with Crippen LogP contribution in [0.2, 0.25) is 0 Å². The number of esters is 2. The van der Waals surface area contributed by atoms with Gasteiger partial charge in [-0.15, -0.1) is 0 Å². The van der Waals surface area contributed by atoms with Crippen molar-refractivity contribution in [1.29, 1.82) is 0 Å². The van der Waals surface area contributed by atoms with Gasteiger partial charge in [-0.25, -0.2) is 0 Å². The van der Waals surface area contributed by atoms with Crippen LogP contribution in [-0.2, 0) is 38.0 Å². The fourth-order valence-corrected chi connectivity index (χ4v) is 8.89. The van der Waals surface area contributed by atoms with E-state index in [9.17, 15) is 45.3 Å². The number of carbonyl (C=O) groups excluding carboxylic acids is 2. The van der Waals surface area contributed by atoms with Crippen LogP contribution in [-0.4, -0.2) is 142 Å². The summed E-state index contributed by atoms with van der Waals surface area (Å²) in [7, 11) is 0. The molecule has 15 heteroatoms. The fraction of sp³-hybridized carbons (Fsp3) is 0.860. The molecule has 0 saturated carbocycles. The molecule has 2 rings (SSSR count). The van der Waals surface area contributed by atoms with E-state index in [4.69, 9.17) is 28.4 Å². The maximum absolute atomic E-state index is 13.0. The van der Waals surface area contributed by atoms with Gasteiger partial charge in [0.15, 0.2) is 18.7 Å². The molecule has 72 heavy (non-hydrogen) atoms. The Hall–Kier alpha value is -2.28. The molecule has 0 bridgehead atoms. The SMILES string of the molecule is CCCCC/C=C/C/C=C/CCCCCCCC(=O)O[C@@H](COC(=O)CCCCCCCCCCCCC/C=C/CCCCCCCC)CO[C@@H]1O[C@H](CO[C@@H]2O[C@H](CO)[C@H](O)C(O)C2O)[C@H](O)C(O)C1O. The fourth-order valence-electron chi connectivity index (χ4n) is 8.89. The third-order valence-electron chi connectivity index (χ3n) is 13.6. The zero-order valence-electron chi connectivity index (χ0n) is 44.7. The molecule has 0 aromatic heterocycles. The molecule has 2 aliphatic rings. The smallest absolute Gasteiger partial charge is 0.306 e. The molecular formula is C57H102O15. The van der Waals surface area contributed by atoms with Crippen molar-refractivity contribution in [1.82, 2.24) is 0 Å². The molecule has 15 nitrogen and oxygen atoms in total. The summed E-state index contributed by atoms with van der Waals surface area (Å²) in [6, 6.07) is 0. The Labute approximate surface area is 434 Å². The lowest BCUT2D eigenvalue weighted by Gasteiger charge is -2.42. The van der Waals surface area contributed by atoms with Crippen LogP contribution in [0.1, 0.15) is 219 Å². The maximum Gasteiger partial charge on any atom is 0.306 e. The number of ether oxygens (including phenoxy) is 6. The number of rotatable bonds is 45. The van der Waals surface area contributed by atoms with Crippen LogP contribution in [0, 0.1) is 0 Å². The number of hydrogen-bond donors (Lipinski definition) is 7. The number of aliphatic hydroxyl groups excluding tert-OH is 7. The maximum atomic E-state index is 13.0. The van der Waals surface area contributed by atoms with Crippen molar-refractivity contribution in [2.24, 2.45) is 0 Å². The van der Waals surface area contributed by atoms with E-state index in [2.05, 4.69) is 50.3 Å². The van der Waals surface area contributed by atoms with Crippen LogP contribution >= 0.6 is 0 Å². The Morgan fingerprint density at radius 1 is 0.444 bits per heavy atom. The summed E-state index contributed by atoms with van der Waals surface area (Å²) in [5.74, 6) is -0.936. The Bertz CT molecular complexity index is 1390. The summed E-state index contributed by atoms with van der Waals surface area (Å²) in [4.78, 5) is 25.9. The predicted molar refractivity (Wildman–Crippen MR) is 280 cm³/mol. The second-order valence-corrected chi connectivity index (χ2v) is 20.1. The van der Waals surface area contributed by atoms with Gasteiger partial charge in [-0.05, 0) is 70.6 Å². The van der Waals surface area contributed by atoms with Crippen molar-refractivity contribution in [2.75, 3.05) is 26.4 Å². The molecule has 420 valence electrons. The Balaban J connectivity index is 1.75. The minimum absolute atomic E-state index is 0.150. The van der Waals surface area contributed by atoms with E-state index in [1.54, 1.807) is 0 Å². The van der Waals surface area contributed by atoms with Crippen molar-refractivity contribution in [3.05, 3.63) is 36.5 Å². The predicted octanol–water partition coefficient (Wildman–Crippen LogP) is 9.27. The first kappa shape index (κ1) is 65.8. The molecule has 0 amide bonds. The van der Waals surface area contributed by atoms with Crippen LogP contribution in [0.15, 0.2) is 36.5 Å². The summed E-state index contributed by atoms with van der Waals surface area (Å²) < 4.78 is 33.7. The molecular weight excluding hydrogens is 925 g/mol. The number of allylic oxidation sites excluding steroid dienone is 6. The van der Waals surface area contributed by atoms with E-state index >= 15 is 0 Å². The van der Waals surface area contributed by atoms with E-state index in [1.165, 1.54) is 116 Å². The first-order valence-electron chi connectivity index (χ1n) is 28.6. The molecule has 2 heterocycles. The summed E-state index contributed by atoms with van der Waals surface area (Å²) in [6.45, 7) is 2.57. The van der Waals surface area contributed by atoms with Gasteiger partial charge >= 0.3 is 11.9 Å². The van der Waals surface area contributed by atoms with E-state index in [0.717, 1.165) is 64.2 Å². The second kappa shape index (κ2) is 43.9. The lowest BCUT2D eigenvalue weighted by molar-refractivity contribution is -0.332. The summed E-state index contributed by atoms with van der Waals surface area (Å²) in [5.41, 5.74) is 0. The second-order valence-electron chi connectivity index (χ2n) is 20.1. The lowest BCUT2D eigenvalue weighted by atomic mass is 9.98. The highest BCUT2D eigenvalue weighted by atomic mass is 16.7. The highest BCUT2D eigenvalue weighted by molar-refractivity contribution is 5.70. The van der Waals surface area contributed by atoms with Gasteiger partial charge in [0.1, 0.15) is 55.4 Å². The molecule has 0 spiro atoms. The molecule has 2 aliphatic heterocycles. The monoisotopic (exact) mass is 1030 g/mol. The molecule has 0 aromatic rings. The Morgan fingerprint density at radius 2 is 0.833 bits per heavy atom. The molecule has 11 atom stereocenters. The molecule has 4 unspecified atom stereocenters.